The van der Waals surface area contributed by atoms with Crippen molar-refractivity contribution >= 4 is 11.8 Å². The molecule has 124 valence electrons. The third-order valence-electron chi connectivity index (χ3n) is 4.27. The van der Waals surface area contributed by atoms with Crippen LogP contribution < -0.4 is 5.32 Å². The Morgan fingerprint density at radius 2 is 2.04 bits per heavy atom. The molecule has 3 rings (SSSR count). The van der Waals surface area contributed by atoms with Crippen LogP contribution in [0.15, 0.2) is 48.8 Å². The van der Waals surface area contributed by atoms with Gasteiger partial charge in [0.05, 0.1) is 0 Å². The Morgan fingerprint density at radius 1 is 1.25 bits per heavy atom. The van der Waals surface area contributed by atoms with Gasteiger partial charge in [0.2, 0.25) is 5.91 Å². The lowest BCUT2D eigenvalue weighted by Crippen LogP contribution is -2.49. The van der Waals surface area contributed by atoms with Crippen LogP contribution in [0.3, 0.4) is 0 Å². The van der Waals surface area contributed by atoms with Gasteiger partial charge in [-0.05, 0) is 29.2 Å². The Labute approximate surface area is 141 Å². The number of aromatic nitrogens is 1. The molecule has 1 aromatic heterocycles. The Hall–Kier alpha value is -2.69. The van der Waals surface area contributed by atoms with Crippen LogP contribution in [0.1, 0.15) is 35.3 Å². The molecular formula is C19H21N3O2. The number of carbonyl (C=O) groups is 2. The average molecular weight is 323 g/mol. The van der Waals surface area contributed by atoms with Gasteiger partial charge in [-0.25, -0.2) is 0 Å². The molecule has 1 aliphatic heterocycles. The van der Waals surface area contributed by atoms with Gasteiger partial charge in [0.25, 0.3) is 5.91 Å². The fourth-order valence-corrected chi connectivity index (χ4v) is 3.10. The highest BCUT2D eigenvalue weighted by Gasteiger charge is 2.37. The molecule has 1 N–H and O–H groups in total. The minimum absolute atomic E-state index is 0.0251. The lowest BCUT2D eigenvalue weighted by Gasteiger charge is -2.29. The van der Waals surface area contributed by atoms with Crippen molar-refractivity contribution in [1.82, 2.24) is 15.2 Å². The van der Waals surface area contributed by atoms with Gasteiger partial charge >= 0.3 is 0 Å². The van der Waals surface area contributed by atoms with Gasteiger partial charge in [-0.3, -0.25) is 14.6 Å². The maximum Gasteiger partial charge on any atom is 0.255 e. The van der Waals surface area contributed by atoms with E-state index >= 15 is 0 Å². The maximum atomic E-state index is 12.7. The summed E-state index contributed by atoms with van der Waals surface area (Å²) in [5, 5.41) is 2.93. The molecule has 2 amide bonds. The Morgan fingerprint density at radius 3 is 2.71 bits per heavy atom. The van der Waals surface area contributed by atoms with Crippen LogP contribution in [0.4, 0.5) is 0 Å². The number of nitrogens with zero attached hydrogens (tertiary/aromatic N) is 2. The first kappa shape index (κ1) is 16.2. The van der Waals surface area contributed by atoms with E-state index in [9.17, 15) is 9.59 Å². The summed E-state index contributed by atoms with van der Waals surface area (Å²) >= 11 is 0. The zero-order valence-electron chi connectivity index (χ0n) is 13.9. The lowest BCUT2D eigenvalue weighted by atomic mass is 10.0. The van der Waals surface area contributed by atoms with E-state index in [0.717, 1.165) is 11.1 Å². The second-order valence-electron chi connectivity index (χ2n) is 6.36. The molecule has 0 saturated heterocycles. The molecule has 1 atom stereocenters. The summed E-state index contributed by atoms with van der Waals surface area (Å²) in [5.41, 5.74) is 2.61. The number of nitrogens with one attached hydrogen (secondary N) is 1. The van der Waals surface area contributed by atoms with Gasteiger partial charge in [-0.15, -0.1) is 0 Å². The van der Waals surface area contributed by atoms with Crippen molar-refractivity contribution in [2.24, 2.45) is 5.92 Å². The van der Waals surface area contributed by atoms with Crippen LogP contribution in [0, 0.1) is 5.92 Å². The fourth-order valence-electron chi connectivity index (χ4n) is 3.10. The largest absolute Gasteiger partial charge is 0.350 e. The van der Waals surface area contributed by atoms with E-state index in [0.29, 0.717) is 18.7 Å². The monoisotopic (exact) mass is 323 g/mol. The van der Waals surface area contributed by atoms with Crippen LogP contribution in [0.2, 0.25) is 0 Å². The molecule has 0 aliphatic carbocycles. The molecule has 5 nitrogen and oxygen atoms in total. The third kappa shape index (κ3) is 3.15. The van der Waals surface area contributed by atoms with Crippen molar-refractivity contribution in [1.29, 1.82) is 0 Å². The molecule has 2 aromatic rings. The molecule has 5 heteroatoms. The van der Waals surface area contributed by atoms with Gasteiger partial charge in [-0.2, -0.15) is 0 Å². The van der Waals surface area contributed by atoms with Crippen LogP contribution in [-0.2, 0) is 17.9 Å². The summed E-state index contributed by atoms with van der Waals surface area (Å²) in [6.45, 7) is 4.82. The minimum Gasteiger partial charge on any atom is -0.350 e. The predicted molar refractivity (Wildman–Crippen MR) is 91.0 cm³/mol. The number of carbonyl (C=O) groups excluding carboxylic acids is 2. The lowest BCUT2D eigenvalue weighted by molar-refractivity contribution is -0.127. The topological polar surface area (TPSA) is 62.3 Å². The summed E-state index contributed by atoms with van der Waals surface area (Å²) in [6.07, 6.45) is 3.42. The molecule has 24 heavy (non-hydrogen) atoms. The fraction of sp³-hybridized carbons (Fsp3) is 0.316. The van der Waals surface area contributed by atoms with E-state index < -0.39 is 6.04 Å². The summed E-state index contributed by atoms with van der Waals surface area (Å²) in [4.78, 5) is 31.1. The number of pyridine rings is 1. The SMILES string of the molecule is CC(C)[C@H](C(=O)NCc1cccnc1)N1Cc2ccccc2C1=O. The Kier molecular flexibility index (Phi) is 4.60. The van der Waals surface area contributed by atoms with Crippen molar-refractivity contribution in [3.63, 3.8) is 0 Å². The van der Waals surface area contributed by atoms with Crippen molar-refractivity contribution in [3.8, 4) is 0 Å². The number of benzene rings is 1. The highest BCUT2D eigenvalue weighted by molar-refractivity contribution is 6.01. The molecule has 0 unspecified atom stereocenters. The van der Waals surface area contributed by atoms with E-state index in [1.165, 1.54) is 0 Å². The maximum absolute atomic E-state index is 12.7. The second-order valence-corrected chi connectivity index (χ2v) is 6.36. The number of fused-ring (bicyclic) bond motifs is 1. The molecular weight excluding hydrogens is 302 g/mol. The first-order valence-corrected chi connectivity index (χ1v) is 8.13. The zero-order valence-corrected chi connectivity index (χ0v) is 13.9. The third-order valence-corrected chi connectivity index (χ3v) is 4.27. The molecule has 0 fully saturated rings. The first-order valence-electron chi connectivity index (χ1n) is 8.13. The molecule has 1 aromatic carbocycles. The average Bonchev–Trinajstić information content (AvgIpc) is 2.91. The summed E-state index contributed by atoms with van der Waals surface area (Å²) in [5.74, 6) is -0.173. The van der Waals surface area contributed by atoms with Crippen LogP contribution in [0.5, 0.6) is 0 Å². The van der Waals surface area contributed by atoms with Gasteiger partial charge in [-0.1, -0.05) is 38.1 Å². The molecule has 1 aliphatic rings. The number of amides is 2. The van der Waals surface area contributed by atoms with Gasteiger partial charge in [0, 0.05) is 31.0 Å². The van der Waals surface area contributed by atoms with Crippen LogP contribution in [0.25, 0.3) is 0 Å². The van der Waals surface area contributed by atoms with Crippen LogP contribution in [-0.4, -0.2) is 27.7 Å². The van der Waals surface area contributed by atoms with E-state index in [4.69, 9.17) is 0 Å². The number of hydrogen-bond acceptors (Lipinski definition) is 3. The van der Waals surface area contributed by atoms with Gasteiger partial charge in [0.15, 0.2) is 0 Å². The van der Waals surface area contributed by atoms with Crippen molar-refractivity contribution < 1.29 is 9.59 Å². The molecule has 2 heterocycles. The van der Waals surface area contributed by atoms with Crippen molar-refractivity contribution in [2.75, 3.05) is 0 Å². The quantitative estimate of drug-likeness (QED) is 0.919. The Bertz CT molecular complexity index is 743. The minimum atomic E-state index is -0.485. The summed E-state index contributed by atoms with van der Waals surface area (Å²) < 4.78 is 0. The van der Waals surface area contributed by atoms with Crippen molar-refractivity contribution in [2.45, 2.75) is 33.0 Å². The van der Waals surface area contributed by atoms with Crippen molar-refractivity contribution in [3.05, 3.63) is 65.5 Å². The summed E-state index contributed by atoms with van der Waals surface area (Å²) in [6, 6.07) is 10.8. The standard InChI is InChI=1S/C19H21N3O2/c1-13(2)17(18(23)21-11-14-6-5-9-20-10-14)22-12-15-7-3-4-8-16(15)19(22)24/h3-10,13,17H,11-12H2,1-2H3,(H,21,23)/t17-/m1/s1. The molecule has 0 radical (unpaired) electrons. The van der Waals surface area contributed by atoms with Gasteiger partial charge < -0.3 is 10.2 Å². The van der Waals surface area contributed by atoms with Crippen LogP contribution >= 0.6 is 0 Å². The molecule has 0 saturated carbocycles. The van der Waals surface area contributed by atoms with Gasteiger partial charge in [0.1, 0.15) is 6.04 Å². The number of rotatable bonds is 5. The number of hydrogen-bond donors (Lipinski definition) is 1. The summed E-state index contributed by atoms with van der Waals surface area (Å²) in [7, 11) is 0. The van der Waals surface area contributed by atoms with E-state index in [2.05, 4.69) is 10.3 Å². The smallest absolute Gasteiger partial charge is 0.255 e. The highest BCUT2D eigenvalue weighted by Crippen LogP contribution is 2.27. The van der Waals surface area contributed by atoms with E-state index in [-0.39, 0.29) is 17.7 Å². The first-order chi connectivity index (χ1) is 11.6. The highest BCUT2D eigenvalue weighted by atomic mass is 16.2. The molecule has 0 bridgehead atoms. The predicted octanol–water partition coefficient (Wildman–Crippen LogP) is 2.38. The van der Waals surface area contributed by atoms with E-state index in [1.54, 1.807) is 17.3 Å². The normalized spacial score (nSPS) is 14.6. The second kappa shape index (κ2) is 6.83. The van der Waals surface area contributed by atoms with E-state index in [1.807, 2.05) is 50.2 Å². The molecule has 0 spiro atoms. The Balaban J connectivity index is 1.74. The zero-order chi connectivity index (χ0) is 17.1.